The number of fused-ring (bicyclic) bond motifs is 2. The third-order valence-electron chi connectivity index (χ3n) is 16.8. The SMILES string of the molecule is CCCCCCCC(C)(P)C1CC(=O)N(CCC(=O)NCCNC(=O)c2cc3c(-c4cc(NS(C)(=O)=O)c(C(=O)NCCCN5CCC(Nc6cccc7c6CN(C6CCC(=O)NC6=O)C7=O)CC5)cc4Oc4ccccc4)cn(C)c(=O)c3[nH]2)C1=O. The predicted octanol–water partition coefficient (Wildman–Crippen LogP) is 5.76. The Labute approximate surface area is 508 Å². The van der Waals surface area contributed by atoms with Crippen molar-refractivity contribution in [2.24, 2.45) is 13.0 Å². The van der Waals surface area contributed by atoms with E-state index in [4.69, 9.17) is 4.74 Å². The summed E-state index contributed by atoms with van der Waals surface area (Å²) in [5.41, 5.74) is 2.34. The highest BCUT2D eigenvalue weighted by Gasteiger charge is 2.46. The van der Waals surface area contributed by atoms with Crippen LogP contribution in [0, 0.1) is 5.92 Å². The molecule has 4 atom stereocenters. The molecule has 6 heterocycles. The van der Waals surface area contributed by atoms with Gasteiger partial charge in [0.1, 0.15) is 28.8 Å². The fourth-order valence-corrected chi connectivity index (χ4v) is 13.0. The van der Waals surface area contributed by atoms with Crippen molar-refractivity contribution < 1.29 is 51.5 Å². The molecule has 2 aromatic heterocycles. The smallest absolute Gasteiger partial charge is 0.274 e. The molecular weight excluding hydrogens is 1150 g/mol. The molecule has 0 bridgehead atoms. The van der Waals surface area contributed by atoms with Gasteiger partial charge in [0.05, 0.1) is 23.4 Å². The minimum Gasteiger partial charge on any atom is -0.457 e. The van der Waals surface area contributed by atoms with Gasteiger partial charge in [0.25, 0.3) is 23.3 Å². The normalized spacial score (nSPS) is 18.1. The summed E-state index contributed by atoms with van der Waals surface area (Å²) >= 11 is 0. The Morgan fingerprint density at radius 2 is 1.54 bits per heavy atom. The molecule has 87 heavy (non-hydrogen) atoms. The Balaban J connectivity index is 0.819. The predicted molar refractivity (Wildman–Crippen MR) is 333 cm³/mol. The number of ether oxygens (including phenoxy) is 1. The summed E-state index contributed by atoms with van der Waals surface area (Å²) in [6.07, 6.45) is 11.4. The molecule has 25 heteroatoms. The number of hydrogen-bond acceptors (Lipinski definition) is 14. The number of nitrogens with zero attached hydrogens (tertiary/aromatic N) is 4. The molecule has 7 N–H and O–H groups in total. The van der Waals surface area contributed by atoms with E-state index in [0.717, 1.165) is 82.0 Å². The van der Waals surface area contributed by atoms with Crippen LogP contribution in [0.3, 0.4) is 0 Å². The molecule has 0 radical (unpaired) electrons. The second kappa shape index (κ2) is 27.8. The molecule has 4 aliphatic heterocycles. The number of nitrogens with one attached hydrogen (secondary N) is 7. The summed E-state index contributed by atoms with van der Waals surface area (Å²) in [6.45, 7) is 6.85. The maximum Gasteiger partial charge on any atom is 0.274 e. The molecule has 4 unspecified atom stereocenters. The van der Waals surface area contributed by atoms with Crippen LogP contribution in [-0.4, -0.2) is 149 Å². The van der Waals surface area contributed by atoms with Crippen LogP contribution >= 0.6 is 9.24 Å². The van der Waals surface area contributed by atoms with E-state index in [-0.39, 0.29) is 127 Å². The summed E-state index contributed by atoms with van der Waals surface area (Å²) in [5.74, 6) is -3.11. The van der Waals surface area contributed by atoms with Crippen LogP contribution in [0.25, 0.3) is 22.0 Å². The number of benzene rings is 3. The zero-order chi connectivity index (χ0) is 62.2. The van der Waals surface area contributed by atoms with Crippen molar-refractivity contribution in [3.05, 3.63) is 106 Å². The number of para-hydroxylation sites is 1. The van der Waals surface area contributed by atoms with Gasteiger partial charge < -0.3 is 45.4 Å². The molecular formula is C62H78N11O12PS. The lowest BCUT2D eigenvalue weighted by atomic mass is 9.86. The third kappa shape index (κ3) is 15.4. The van der Waals surface area contributed by atoms with Crippen molar-refractivity contribution in [3.63, 3.8) is 0 Å². The molecule has 464 valence electrons. The first-order valence-electron chi connectivity index (χ1n) is 29.9. The van der Waals surface area contributed by atoms with Crippen LogP contribution in [0.5, 0.6) is 11.5 Å². The van der Waals surface area contributed by atoms with Gasteiger partial charge in [-0.25, -0.2) is 8.42 Å². The molecule has 3 fully saturated rings. The van der Waals surface area contributed by atoms with Crippen molar-refractivity contribution in [1.82, 2.24) is 45.5 Å². The van der Waals surface area contributed by atoms with E-state index >= 15 is 0 Å². The molecule has 4 aliphatic rings. The molecule has 0 spiro atoms. The number of aromatic nitrogens is 2. The van der Waals surface area contributed by atoms with Crippen molar-refractivity contribution >= 4 is 88.8 Å². The van der Waals surface area contributed by atoms with Crippen LogP contribution in [0.2, 0.25) is 0 Å². The number of imide groups is 2. The molecule has 9 rings (SSSR count). The van der Waals surface area contributed by atoms with E-state index in [2.05, 4.69) is 57.4 Å². The highest BCUT2D eigenvalue weighted by Crippen LogP contribution is 2.42. The number of likely N-dealkylation sites (tertiary alicyclic amines) is 2. The monoisotopic (exact) mass is 1230 g/mol. The van der Waals surface area contributed by atoms with Gasteiger partial charge in [0, 0.05) is 118 Å². The Hall–Kier alpha value is -7.95. The number of hydrogen-bond donors (Lipinski definition) is 7. The first-order chi connectivity index (χ1) is 41.6. The van der Waals surface area contributed by atoms with Gasteiger partial charge >= 0.3 is 0 Å². The number of H-pyrrole nitrogens is 1. The summed E-state index contributed by atoms with van der Waals surface area (Å²) in [6, 6.07) is 18.1. The first kappa shape index (κ1) is 63.5. The Kier molecular flexibility index (Phi) is 20.3. The lowest BCUT2D eigenvalue weighted by Crippen LogP contribution is -2.52. The standard InChI is InChI=1S/C62H78N11O12PS/c1-5-6-7-8-12-24-62(2,86)46-35-54(76)72(60(46)81)31-23-52(74)63-26-27-65-57(78)49-33-42-44(36-70(3)61(82)55(42)67-49)41-32-48(69-87(4,83)84)43(34-51(41)85-39-15-10-9-11-16-39)56(77)64-25-14-28-71-29-21-38(22-30-71)66-47-18-13-17-40-45(47)37-73(59(40)80)50-19-20-53(75)68-58(50)79/h9-11,13,15-18,32-34,36,38,46,50,66-67,69H,5-8,12,14,19-31,35,37,86H2,1-4H3,(H,63,74)(H,64,77)(H,65,78)(H,68,75,79). The average Bonchev–Trinajstić information content (AvgIpc) is 1.92. The molecule has 3 saturated heterocycles. The van der Waals surface area contributed by atoms with Gasteiger partial charge in [0.15, 0.2) is 0 Å². The van der Waals surface area contributed by atoms with Crippen LogP contribution in [0.1, 0.15) is 134 Å². The van der Waals surface area contributed by atoms with E-state index in [1.165, 1.54) is 40.9 Å². The van der Waals surface area contributed by atoms with E-state index in [1.54, 1.807) is 41.3 Å². The fourth-order valence-electron chi connectivity index (χ4n) is 12.0. The Morgan fingerprint density at radius 3 is 2.28 bits per heavy atom. The van der Waals surface area contributed by atoms with E-state index in [0.29, 0.717) is 29.8 Å². The maximum atomic E-state index is 14.2. The molecule has 0 aliphatic carbocycles. The fraction of sp³-hybridized carbons (Fsp3) is 0.468. The van der Waals surface area contributed by atoms with Crippen molar-refractivity contribution in [3.8, 4) is 22.6 Å². The van der Waals surface area contributed by atoms with Gasteiger partial charge in [-0.3, -0.25) is 58.1 Å². The first-order valence-corrected chi connectivity index (χ1v) is 32.4. The number of rotatable bonds is 27. The summed E-state index contributed by atoms with van der Waals surface area (Å²) in [5, 5.41) is 14.3. The molecule has 5 aromatic rings. The quantitative estimate of drug-likeness (QED) is 0.0187. The van der Waals surface area contributed by atoms with Crippen molar-refractivity contribution in [1.29, 1.82) is 0 Å². The maximum absolute atomic E-state index is 14.2. The number of aryl methyl sites for hydroxylation is 1. The number of aromatic amines is 1. The highest BCUT2D eigenvalue weighted by atomic mass is 32.2. The lowest BCUT2D eigenvalue weighted by Gasteiger charge is -2.33. The van der Waals surface area contributed by atoms with Crippen LogP contribution in [0.15, 0.2) is 77.7 Å². The highest BCUT2D eigenvalue weighted by molar-refractivity contribution is 7.92. The lowest BCUT2D eigenvalue weighted by molar-refractivity contribution is -0.140. The van der Waals surface area contributed by atoms with Crippen molar-refractivity contribution in [2.75, 3.05) is 62.1 Å². The van der Waals surface area contributed by atoms with Gasteiger partial charge in [-0.1, -0.05) is 70.2 Å². The number of amides is 8. The van der Waals surface area contributed by atoms with E-state index in [9.17, 15) is 51.6 Å². The van der Waals surface area contributed by atoms with Crippen molar-refractivity contribution in [2.45, 2.75) is 121 Å². The third-order valence-corrected chi connectivity index (χ3v) is 18.0. The minimum absolute atomic E-state index is 0.00589. The number of anilines is 2. The minimum atomic E-state index is -3.98. The van der Waals surface area contributed by atoms with Gasteiger partial charge in [-0.05, 0) is 86.3 Å². The Bertz CT molecular complexity index is 3640. The molecule has 3 aromatic carbocycles. The number of pyridine rings is 1. The van der Waals surface area contributed by atoms with E-state index < -0.39 is 56.3 Å². The molecule has 0 saturated carbocycles. The number of piperidine rings is 2. The van der Waals surface area contributed by atoms with Gasteiger partial charge in [-0.2, -0.15) is 0 Å². The number of unbranched alkanes of at least 4 members (excludes halogenated alkanes) is 4. The van der Waals surface area contributed by atoms with Gasteiger partial charge in [-0.15, -0.1) is 9.24 Å². The zero-order valence-electron chi connectivity index (χ0n) is 49.7. The second-order valence-electron chi connectivity index (χ2n) is 23.4. The largest absolute Gasteiger partial charge is 0.457 e. The Morgan fingerprint density at radius 1 is 0.805 bits per heavy atom. The number of sulfonamides is 1. The number of carbonyl (C=O) groups excluding carboxylic acids is 8. The summed E-state index contributed by atoms with van der Waals surface area (Å²) in [7, 11) is 0.325. The average molecular weight is 1230 g/mol. The van der Waals surface area contributed by atoms with Gasteiger partial charge in [0.2, 0.25) is 39.6 Å². The second-order valence-corrected chi connectivity index (χ2v) is 26.4. The van der Waals surface area contributed by atoms with Crippen LogP contribution in [0.4, 0.5) is 11.4 Å². The topological polar surface area (TPSA) is 300 Å². The van der Waals surface area contributed by atoms with E-state index in [1.807, 2.05) is 19.1 Å². The molecule has 23 nitrogen and oxygen atoms in total. The van der Waals surface area contributed by atoms with Crippen LogP contribution in [-0.2, 0) is 47.6 Å². The van der Waals surface area contributed by atoms with Crippen LogP contribution < -0.4 is 41.6 Å². The molecule has 8 amide bonds. The summed E-state index contributed by atoms with van der Waals surface area (Å²) < 4.78 is 36.2. The zero-order valence-corrected chi connectivity index (χ0v) is 51.7. The summed E-state index contributed by atoms with van der Waals surface area (Å²) in [4.78, 5) is 127. The number of carbonyl (C=O) groups is 8.